The Balaban J connectivity index is 1.89. The standard InChI is InChI=1S/C12H13BrN2OS/c1-16-12-9(3-2-4-15-12)6-14-7-11-5-10(13)8-17-11/h2-5,8,14H,6-7H2,1H3. The number of aromatic nitrogens is 1. The maximum absolute atomic E-state index is 5.20. The predicted molar refractivity (Wildman–Crippen MR) is 73.4 cm³/mol. The lowest BCUT2D eigenvalue weighted by Crippen LogP contribution is -2.12. The van der Waals surface area contributed by atoms with Gasteiger partial charge in [0, 0.05) is 39.6 Å². The zero-order valence-electron chi connectivity index (χ0n) is 9.44. The largest absolute Gasteiger partial charge is 0.481 e. The molecule has 1 N–H and O–H groups in total. The van der Waals surface area contributed by atoms with Crippen molar-refractivity contribution in [3.63, 3.8) is 0 Å². The molecule has 0 amide bonds. The van der Waals surface area contributed by atoms with Gasteiger partial charge in [-0.15, -0.1) is 11.3 Å². The van der Waals surface area contributed by atoms with E-state index in [1.165, 1.54) is 4.88 Å². The van der Waals surface area contributed by atoms with Crippen LogP contribution in [0.1, 0.15) is 10.4 Å². The molecule has 0 aliphatic heterocycles. The Labute approximate surface area is 113 Å². The molecular weight excluding hydrogens is 300 g/mol. The quantitative estimate of drug-likeness (QED) is 0.920. The lowest BCUT2D eigenvalue weighted by Gasteiger charge is -2.07. The van der Waals surface area contributed by atoms with Gasteiger partial charge in [0.05, 0.1) is 7.11 Å². The van der Waals surface area contributed by atoms with Crippen molar-refractivity contribution in [1.29, 1.82) is 0 Å². The minimum Gasteiger partial charge on any atom is -0.481 e. The molecule has 0 bridgehead atoms. The summed E-state index contributed by atoms with van der Waals surface area (Å²) in [5.41, 5.74) is 1.07. The summed E-state index contributed by atoms with van der Waals surface area (Å²) in [7, 11) is 1.64. The van der Waals surface area contributed by atoms with Crippen LogP contribution in [-0.4, -0.2) is 12.1 Å². The smallest absolute Gasteiger partial charge is 0.217 e. The molecule has 0 aromatic carbocycles. The molecule has 3 nitrogen and oxygen atoms in total. The van der Waals surface area contributed by atoms with E-state index in [-0.39, 0.29) is 0 Å². The van der Waals surface area contributed by atoms with E-state index in [9.17, 15) is 0 Å². The molecule has 0 saturated heterocycles. The van der Waals surface area contributed by atoms with E-state index < -0.39 is 0 Å². The Morgan fingerprint density at radius 1 is 1.47 bits per heavy atom. The van der Waals surface area contributed by atoms with Gasteiger partial charge in [-0.25, -0.2) is 4.98 Å². The van der Waals surface area contributed by atoms with Crippen LogP contribution in [0.25, 0.3) is 0 Å². The van der Waals surface area contributed by atoms with E-state index in [2.05, 4.69) is 37.7 Å². The monoisotopic (exact) mass is 312 g/mol. The van der Waals surface area contributed by atoms with E-state index >= 15 is 0 Å². The molecule has 2 aromatic heterocycles. The number of halogens is 1. The summed E-state index contributed by atoms with van der Waals surface area (Å²) in [4.78, 5) is 5.47. The van der Waals surface area contributed by atoms with Crippen LogP contribution in [0.2, 0.25) is 0 Å². The summed E-state index contributed by atoms with van der Waals surface area (Å²) < 4.78 is 6.33. The molecule has 0 spiro atoms. The molecule has 2 heterocycles. The van der Waals surface area contributed by atoms with Crippen molar-refractivity contribution in [2.24, 2.45) is 0 Å². The van der Waals surface area contributed by atoms with E-state index in [0.717, 1.165) is 23.1 Å². The summed E-state index contributed by atoms with van der Waals surface area (Å²) in [5.74, 6) is 0.687. The van der Waals surface area contributed by atoms with Crippen LogP contribution in [0, 0.1) is 0 Å². The normalized spacial score (nSPS) is 10.5. The second-order valence-electron chi connectivity index (χ2n) is 3.51. The average Bonchev–Trinajstić information content (AvgIpc) is 2.76. The minimum absolute atomic E-state index is 0.687. The molecule has 17 heavy (non-hydrogen) atoms. The zero-order valence-corrected chi connectivity index (χ0v) is 11.8. The van der Waals surface area contributed by atoms with Gasteiger partial charge in [-0.05, 0) is 28.1 Å². The molecule has 5 heteroatoms. The highest BCUT2D eigenvalue weighted by Gasteiger charge is 2.03. The van der Waals surface area contributed by atoms with Gasteiger partial charge in [0.15, 0.2) is 0 Å². The second kappa shape index (κ2) is 6.14. The van der Waals surface area contributed by atoms with Crippen molar-refractivity contribution in [3.8, 4) is 5.88 Å². The van der Waals surface area contributed by atoms with Gasteiger partial charge in [-0.3, -0.25) is 0 Å². The van der Waals surface area contributed by atoms with Crippen molar-refractivity contribution in [2.75, 3.05) is 7.11 Å². The number of nitrogens with one attached hydrogen (secondary N) is 1. The first-order valence-corrected chi connectivity index (χ1v) is 6.88. The summed E-state index contributed by atoms with van der Waals surface area (Å²) >= 11 is 5.18. The van der Waals surface area contributed by atoms with Gasteiger partial charge in [-0.2, -0.15) is 0 Å². The molecule has 0 aliphatic carbocycles. The molecule has 0 atom stereocenters. The van der Waals surface area contributed by atoms with Gasteiger partial charge in [0.25, 0.3) is 0 Å². The maximum Gasteiger partial charge on any atom is 0.217 e. The maximum atomic E-state index is 5.20. The lowest BCUT2D eigenvalue weighted by atomic mass is 10.2. The molecule has 0 saturated carbocycles. The summed E-state index contributed by atoms with van der Waals surface area (Å²) in [6.45, 7) is 1.61. The van der Waals surface area contributed by atoms with E-state index in [0.29, 0.717) is 5.88 Å². The van der Waals surface area contributed by atoms with Crippen LogP contribution in [0.15, 0.2) is 34.2 Å². The number of pyridine rings is 1. The van der Waals surface area contributed by atoms with Gasteiger partial charge < -0.3 is 10.1 Å². The van der Waals surface area contributed by atoms with Gasteiger partial charge in [-0.1, -0.05) is 6.07 Å². The van der Waals surface area contributed by atoms with Gasteiger partial charge in [0.2, 0.25) is 5.88 Å². The van der Waals surface area contributed by atoms with Crippen LogP contribution in [0.5, 0.6) is 5.88 Å². The number of methoxy groups -OCH3 is 1. The van der Waals surface area contributed by atoms with Gasteiger partial charge >= 0.3 is 0 Å². The first-order valence-electron chi connectivity index (χ1n) is 5.21. The van der Waals surface area contributed by atoms with E-state index in [1.807, 2.05) is 12.1 Å². The Hall–Kier alpha value is -0.910. The number of nitrogens with zero attached hydrogens (tertiary/aromatic N) is 1. The van der Waals surface area contributed by atoms with Crippen molar-refractivity contribution in [2.45, 2.75) is 13.1 Å². The minimum atomic E-state index is 0.687. The first-order chi connectivity index (χ1) is 8.29. The molecule has 0 unspecified atom stereocenters. The third kappa shape index (κ3) is 3.52. The second-order valence-corrected chi connectivity index (χ2v) is 5.42. The van der Waals surface area contributed by atoms with E-state index in [1.54, 1.807) is 24.6 Å². The van der Waals surface area contributed by atoms with Crippen molar-refractivity contribution < 1.29 is 4.74 Å². The average molecular weight is 313 g/mol. The third-order valence-corrected chi connectivity index (χ3v) is 3.98. The number of rotatable bonds is 5. The number of hydrogen-bond acceptors (Lipinski definition) is 4. The van der Waals surface area contributed by atoms with Crippen molar-refractivity contribution in [1.82, 2.24) is 10.3 Å². The summed E-state index contributed by atoms with van der Waals surface area (Å²) in [6.07, 6.45) is 1.73. The molecule has 2 rings (SSSR count). The highest BCUT2D eigenvalue weighted by atomic mass is 79.9. The number of ether oxygens (including phenoxy) is 1. The van der Waals surface area contributed by atoms with Crippen LogP contribution in [0.4, 0.5) is 0 Å². The van der Waals surface area contributed by atoms with Crippen LogP contribution in [-0.2, 0) is 13.1 Å². The van der Waals surface area contributed by atoms with Crippen LogP contribution in [0.3, 0.4) is 0 Å². The Morgan fingerprint density at radius 2 is 2.35 bits per heavy atom. The van der Waals surface area contributed by atoms with Gasteiger partial charge in [0.1, 0.15) is 0 Å². The topological polar surface area (TPSA) is 34.1 Å². The first kappa shape index (κ1) is 12.5. The Bertz CT molecular complexity index is 487. The molecule has 2 aromatic rings. The Morgan fingerprint density at radius 3 is 3.06 bits per heavy atom. The third-order valence-electron chi connectivity index (χ3n) is 2.28. The molecule has 0 aliphatic rings. The lowest BCUT2D eigenvalue weighted by molar-refractivity contribution is 0.390. The highest BCUT2D eigenvalue weighted by molar-refractivity contribution is 9.10. The molecular formula is C12H13BrN2OS. The van der Waals surface area contributed by atoms with Crippen molar-refractivity contribution >= 4 is 27.3 Å². The molecule has 0 radical (unpaired) electrons. The zero-order chi connectivity index (χ0) is 12.1. The van der Waals surface area contributed by atoms with Crippen LogP contribution >= 0.6 is 27.3 Å². The Kier molecular flexibility index (Phi) is 4.53. The summed E-state index contributed by atoms with van der Waals surface area (Å²) in [6, 6.07) is 6.06. The van der Waals surface area contributed by atoms with E-state index in [4.69, 9.17) is 4.74 Å². The predicted octanol–water partition coefficient (Wildman–Crippen LogP) is 3.20. The fraction of sp³-hybridized carbons (Fsp3) is 0.250. The number of thiophene rings is 1. The number of hydrogen-bond donors (Lipinski definition) is 1. The fourth-order valence-electron chi connectivity index (χ4n) is 1.51. The fourth-order valence-corrected chi connectivity index (χ4v) is 2.93. The molecule has 0 fully saturated rings. The summed E-state index contributed by atoms with van der Waals surface area (Å²) in [5, 5.41) is 5.46. The van der Waals surface area contributed by atoms with Crippen molar-refractivity contribution in [3.05, 3.63) is 44.7 Å². The SMILES string of the molecule is COc1ncccc1CNCc1cc(Br)cs1. The highest BCUT2D eigenvalue weighted by Crippen LogP contribution is 2.20. The van der Waals surface area contributed by atoms with Crippen LogP contribution < -0.4 is 10.1 Å². The molecule has 90 valence electrons.